The molecule has 0 unspecified atom stereocenters. The zero-order valence-electron chi connectivity index (χ0n) is 27.0. The number of hydrogen-bond donors (Lipinski definition) is 7. The summed E-state index contributed by atoms with van der Waals surface area (Å²) in [6.45, 7) is 7.53. The van der Waals surface area contributed by atoms with Crippen molar-refractivity contribution in [1.82, 2.24) is 21.3 Å². The molecule has 0 radical (unpaired) electrons. The molecule has 0 aliphatic rings. The summed E-state index contributed by atoms with van der Waals surface area (Å²) in [7, 11) is 0. The molecule has 0 saturated heterocycles. The first-order valence-corrected chi connectivity index (χ1v) is 15.4. The first-order chi connectivity index (χ1) is 21.8. The van der Waals surface area contributed by atoms with E-state index in [0.29, 0.717) is 12.0 Å². The zero-order chi connectivity index (χ0) is 34.2. The lowest BCUT2D eigenvalue weighted by Gasteiger charge is -2.28. The van der Waals surface area contributed by atoms with Crippen LogP contribution in [0.3, 0.4) is 0 Å². The van der Waals surface area contributed by atoms with E-state index >= 15 is 0 Å². The van der Waals surface area contributed by atoms with E-state index in [9.17, 15) is 24.0 Å². The molecule has 10 N–H and O–H groups in total. The Hall–Kier alpha value is -4.94. The van der Waals surface area contributed by atoms with Gasteiger partial charge < -0.3 is 38.5 Å². The van der Waals surface area contributed by atoms with Crippen LogP contribution in [0, 0.1) is 11.8 Å². The Morgan fingerprint density at radius 2 is 1.30 bits per heavy atom. The van der Waals surface area contributed by atoms with E-state index < -0.39 is 47.8 Å². The number of primary amides is 1. The predicted molar refractivity (Wildman–Crippen MR) is 177 cm³/mol. The summed E-state index contributed by atoms with van der Waals surface area (Å²) >= 11 is 0. The van der Waals surface area contributed by atoms with Gasteiger partial charge in [0.15, 0.2) is 5.96 Å². The van der Waals surface area contributed by atoms with Crippen molar-refractivity contribution in [3.63, 3.8) is 0 Å². The smallest absolute Gasteiger partial charge is 0.244 e. The van der Waals surface area contributed by atoms with Crippen LogP contribution < -0.4 is 38.5 Å². The number of rotatable bonds is 18. The van der Waals surface area contributed by atoms with Gasteiger partial charge in [0, 0.05) is 6.54 Å². The van der Waals surface area contributed by atoms with E-state index in [2.05, 4.69) is 26.3 Å². The molecule has 0 aromatic heterocycles. The third-order valence-electron chi connectivity index (χ3n) is 7.10. The molecule has 13 nitrogen and oxygen atoms in total. The Balaban J connectivity index is 2.21. The normalized spacial score (nSPS) is 13.5. The summed E-state index contributed by atoms with van der Waals surface area (Å²) in [5, 5.41) is 10.9. The van der Waals surface area contributed by atoms with Crippen LogP contribution in [0.1, 0.15) is 64.1 Å². The van der Waals surface area contributed by atoms with Crippen LogP contribution in [0.5, 0.6) is 0 Å². The molecular formula is C33H48N8O5. The summed E-state index contributed by atoms with van der Waals surface area (Å²) in [4.78, 5) is 69.6. The average Bonchev–Trinajstić information content (AvgIpc) is 2.99. The van der Waals surface area contributed by atoms with Gasteiger partial charge in [0.25, 0.3) is 0 Å². The Morgan fingerprint density at radius 3 is 1.85 bits per heavy atom. The largest absolute Gasteiger partial charge is 0.370 e. The topological polar surface area (TPSA) is 224 Å². The molecule has 0 spiro atoms. The van der Waals surface area contributed by atoms with Gasteiger partial charge in [-0.2, -0.15) is 0 Å². The fourth-order valence-electron chi connectivity index (χ4n) is 4.76. The van der Waals surface area contributed by atoms with Crippen molar-refractivity contribution in [3.8, 4) is 0 Å². The number of guanidine groups is 1. The molecule has 0 bridgehead atoms. The molecular weight excluding hydrogens is 588 g/mol. The number of hydrogen-bond acceptors (Lipinski definition) is 6. The zero-order valence-corrected chi connectivity index (χ0v) is 27.0. The molecule has 0 aliphatic carbocycles. The molecule has 2 aromatic rings. The molecule has 4 atom stereocenters. The lowest BCUT2D eigenvalue weighted by molar-refractivity contribution is -0.135. The molecule has 13 heteroatoms. The van der Waals surface area contributed by atoms with Crippen molar-refractivity contribution < 1.29 is 24.0 Å². The van der Waals surface area contributed by atoms with E-state index in [1.807, 2.05) is 44.2 Å². The number of benzene rings is 2. The van der Waals surface area contributed by atoms with Crippen LogP contribution >= 0.6 is 0 Å². The van der Waals surface area contributed by atoms with E-state index in [0.717, 1.165) is 5.56 Å². The van der Waals surface area contributed by atoms with Gasteiger partial charge in [0.05, 0.1) is 6.42 Å². The molecule has 46 heavy (non-hydrogen) atoms. The van der Waals surface area contributed by atoms with E-state index in [-0.39, 0.29) is 49.5 Å². The van der Waals surface area contributed by atoms with Crippen LogP contribution in [0.15, 0.2) is 65.7 Å². The van der Waals surface area contributed by atoms with Crippen molar-refractivity contribution in [3.05, 3.63) is 71.8 Å². The number of aliphatic imine (C=N–C) groups is 1. The molecule has 250 valence electrons. The maximum atomic E-state index is 13.6. The van der Waals surface area contributed by atoms with Crippen LogP contribution in [0.2, 0.25) is 0 Å². The Bertz CT molecular complexity index is 1330. The van der Waals surface area contributed by atoms with Crippen LogP contribution in [0.4, 0.5) is 0 Å². The molecule has 0 saturated carbocycles. The average molecular weight is 637 g/mol. The molecule has 0 heterocycles. The van der Waals surface area contributed by atoms with Crippen molar-refractivity contribution in [2.24, 2.45) is 34.0 Å². The molecule has 5 amide bonds. The summed E-state index contributed by atoms with van der Waals surface area (Å²) in [6.07, 6.45) is 0.927. The van der Waals surface area contributed by atoms with Crippen LogP contribution in [-0.2, 0) is 30.4 Å². The Kier molecular flexibility index (Phi) is 15.2. The SMILES string of the molecule is CC(C)C[C@H](NC(=O)[C@H](CCCN=C(N)N)NC(=O)Cc1ccccc1)C(=O)N[C@H](C(=O)N[C@H](C(N)=O)c1ccccc1)C(C)C. The second kappa shape index (κ2) is 18.8. The highest BCUT2D eigenvalue weighted by Gasteiger charge is 2.33. The lowest BCUT2D eigenvalue weighted by atomic mass is 9.98. The maximum absolute atomic E-state index is 13.6. The standard InChI is InChI=1S/C33H48N8O5/c1-20(2)18-25(31(45)40-27(21(3)4)32(46)41-28(29(34)43)23-14-9-6-10-15-23)39-30(44)24(16-11-17-37-33(35)36)38-26(42)19-22-12-7-5-8-13-22/h5-10,12-15,20-21,24-25,27-28H,11,16-19H2,1-4H3,(H2,34,43)(H,38,42)(H,39,44)(H,40,45)(H,41,46)(H4,35,36,37)/t24-,25-,27-,28-/m0/s1. The van der Waals surface area contributed by atoms with Gasteiger partial charge in [0.2, 0.25) is 29.5 Å². The van der Waals surface area contributed by atoms with Crippen LogP contribution in [-0.4, -0.2) is 60.2 Å². The Morgan fingerprint density at radius 1 is 0.717 bits per heavy atom. The fourth-order valence-corrected chi connectivity index (χ4v) is 4.76. The molecule has 0 aliphatic heterocycles. The number of nitrogens with two attached hydrogens (primary N) is 3. The number of carbonyl (C=O) groups is 5. The monoisotopic (exact) mass is 636 g/mol. The summed E-state index contributed by atoms with van der Waals surface area (Å²) < 4.78 is 0. The van der Waals surface area contributed by atoms with E-state index in [1.165, 1.54) is 0 Å². The van der Waals surface area contributed by atoms with Gasteiger partial charge >= 0.3 is 0 Å². The number of amides is 5. The minimum absolute atomic E-state index is 0.00677. The number of carbonyl (C=O) groups excluding carboxylic acids is 5. The van der Waals surface area contributed by atoms with Gasteiger partial charge in [-0.25, -0.2) is 0 Å². The molecule has 2 aromatic carbocycles. The first kappa shape index (κ1) is 37.2. The number of nitrogens with zero attached hydrogens (tertiary/aromatic N) is 1. The summed E-state index contributed by atoms with van der Waals surface area (Å²) in [6, 6.07) is 13.5. The Labute approximate surface area is 270 Å². The van der Waals surface area contributed by atoms with Crippen molar-refractivity contribution in [2.45, 2.75) is 77.5 Å². The fraction of sp³-hybridized carbons (Fsp3) is 0.455. The van der Waals surface area contributed by atoms with Crippen molar-refractivity contribution in [1.29, 1.82) is 0 Å². The lowest BCUT2D eigenvalue weighted by Crippen LogP contribution is -2.58. The van der Waals surface area contributed by atoms with E-state index in [4.69, 9.17) is 17.2 Å². The molecule has 2 rings (SSSR count). The maximum Gasteiger partial charge on any atom is 0.244 e. The minimum atomic E-state index is -1.10. The third-order valence-corrected chi connectivity index (χ3v) is 7.10. The van der Waals surface area contributed by atoms with Crippen LogP contribution in [0.25, 0.3) is 0 Å². The van der Waals surface area contributed by atoms with Gasteiger partial charge in [-0.3, -0.25) is 29.0 Å². The second-order valence-corrected chi connectivity index (χ2v) is 11.9. The second-order valence-electron chi connectivity index (χ2n) is 11.9. The van der Waals surface area contributed by atoms with Gasteiger partial charge in [0.1, 0.15) is 24.2 Å². The highest BCUT2D eigenvalue weighted by Crippen LogP contribution is 2.14. The van der Waals surface area contributed by atoms with Crippen molar-refractivity contribution >= 4 is 35.5 Å². The quantitative estimate of drug-likeness (QED) is 0.0707. The highest BCUT2D eigenvalue weighted by molar-refractivity contribution is 5.95. The molecule has 0 fully saturated rings. The first-order valence-electron chi connectivity index (χ1n) is 15.4. The predicted octanol–water partition coefficient (Wildman–Crippen LogP) is 0.782. The van der Waals surface area contributed by atoms with Gasteiger partial charge in [-0.15, -0.1) is 0 Å². The van der Waals surface area contributed by atoms with Gasteiger partial charge in [-0.1, -0.05) is 88.4 Å². The van der Waals surface area contributed by atoms with Crippen molar-refractivity contribution in [2.75, 3.05) is 6.54 Å². The highest BCUT2D eigenvalue weighted by atomic mass is 16.2. The minimum Gasteiger partial charge on any atom is -0.370 e. The number of nitrogens with one attached hydrogen (secondary N) is 4. The third kappa shape index (κ3) is 13.0. The van der Waals surface area contributed by atoms with Gasteiger partial charge in [-0.05, 0) is 42.2 Å². The summed E-state index contributed by atoms with van der Waals surface area (Å²) in [5.74, 6) is -3.32. The summed E-state index contributed by atoms with van der Waals surface area (Å²) in [5.41, 5.74) is 17.7. The van der Waals surface area contributed by atoms with E-state index in [1.54, 1.807) is 44.2 Å².